The number of hydrogen-bond acceptors (Lipinski definition) is 3. The number of nitrogens with one attached hydrogen (secondary N) is 1. The van der Waals surface area contributed by atoms with Gasteiger partial charge in [0, 0.05) is 18.5 Å². The van der Waals surface area contributed by atoms with E-state index < -0.39 is 5.82 Å². The maximum Gasteiger partial charge on any atom is 0.251 e. The molecule has 4 nitrogen and oxygen atoms in total. The van der Waals surface area contributed by atoms with E-state index in [1.54, 1.807) is 0 Å². The first kappa shape index (κ1) is 15.5. The number of carbonyl (C=O) groups is 1. The molecule has 23 heavy (non-hydrogen) atoms. The zero-order chi connectivity index (χ0) is 16.2. The van der Waals surface area contributed by atoms with Gasteiger partial charge in [-0.3, -0.25) is 4.79 Å². The van der Waals surface area contributed by atoms with E-state index in [0.29, 0.717) is 13.2 Å². The van der Waals surface area contributed by atoms with Crippen LogP contribution >= 0.6 is 0 Å². The van der Waals surface area contributed by atoms with Crippen LogP contribution in [0.3, 0.4) is 0 Å². The van der Waals surface area contributed by atoms with Crippen molar-refractivity contribution >= 4 is 5.91 Å². The monoisotopic (exact) mass is 315 g/mol. The topological polar surface area (TPSA) is 47.6 Å². The molecule has 1 aliphatic heterocycles. The first-order valence-corrected chi connectivity index (χ1v) is 7.47. The highest BCUT2D eigenvalue weighted by Crippen LogP contribution is 2.20. The van der Waals surface area contributed by atoms with Crippen LogP contribution in [0.25, 0.3) is 0 Å². The molecular weight excluding hydrogens is 297 g/mol. The molecular formula is C18H18FNO3. The summed E-state index contributed by atoms with van der Waals surface area (Å²) in [5.74, 6) is -0.759. The average Bonchev–Trinajstić information content (AvgIpc) is 2.59. The summed E-state index contributed by atoms with van der Waals surface area (Å²) >= 11 is 0. The largest absolute Gasteiger partial charge is 0.494 e. The van der Waals surface area contributed by atoms with Crippen LogP contribution in [0.1, 0.15) is 21.5 Å². The van der Waals surface area contributed by atoms with Gasteiger partial charge >= 0.3 is 0 Å². The maximum absolute atomic E-state index is 13.6. The van der Waals surface area contributed by atoms with Gasteiger partial charge in [0.05, 0.1) is 19.8 Å². The Bertz CT molecular complexity index is 717. The first-order valence-electron chi connectivity index (χ1n) is 7.47. The van der Waals surface area contributed by atoms with E-state index in [-0.39, 0.29) is 23.3 Å². The summed E-state index contributed by atoms with van der Waals surface area (Å²) in [5.41, 5.74) is 2.69. The number of amides is 1. The van der Waals surface area contributed by atoms with Gasteiger partial charge < -0.3 is 14.8 Å². The number of halogens is 1. The van der Waals surface area contributed by atoms with Gasteiger partial charge in [-0.05, 0) is 29.3 Å². The quantitative estimate of drug-likeness (QED) is 0.944. The summed E-state index contributed by atoms with van der Waals surface area (Å²) in [4.78, 5) is 12.1. The van der Waals surface area contributed by atoms with Gasteiger partial charge in [-0.15, -0.1) is 0 Å². The highest BCUT2D eigenvalue weighted by Gasteiger charge is 2.19. The summed E-state index contributed by atoms with van der Waals surface area (Å²) in [6, 6.07) is 12.3. The van der Waals surface area contributed by atoms with Crippen molar-refractivity contribution in [3.05, 3.63) is 65.0 Å². The zero-order valence-corrected chi connectivity index (χ0v) is 12.8. The van der Waals surface area contributed by atoms with Gasteiger partial charge in [0.25, 0.3) is 5.91 Å². The van der Waals surface area contributed by atoms with Crippen LogP contribution in [0.2, 0.25) is 0 Å². The Morgan fingerprint density at radius 3 is 2.83 bits per heavy atom. The van der Waals surface area contributed by atoms with Crippen LogP contribution in [0.5, 0.6) is 5.75 Å². The van der Waals surface area contributed by atoms with Crippen molar-refractivity contribution in [1.29, 1.82) is 0 Å². The molecule has 3 rings (SSSR count). The highest BCUT2D eigenvalue weighted by molar-refractivity contribution is 5.94. The number of hydrogen-bond donors (Lipinski definition) is 1. The minimum atomic E-state index is -0.553. The minimum Gasteiger partial charge on any atom is -0.494 e. The lowest BCUT2D eigenvalue weighted by Gasteiger charge is -2.25. The third-order valence-electron chi connectivity index (χ3n) is 3.94. The normalized spacial score (nSPS) is 16.5. The fourth-order valence-corrected chi connectivity index (χ4v) is 2.66. The van der Waals surface area contributed by atoms with Crippen molar-refractivity contribution in [1.82, 2.24) is 5.32 Å². The fourth-order valence-electron chi connectivity index (χ4n) is 2.66. The van der Waals surface area contributed by atoms with E-state index in [4.69, 9.17) is 9.47 Å². The molecule has 0 radical (unpaired) electrons. The molecule has 0 unspecified atom stereocenters. The Kier molecular flexibility index (Phi) is 4.57. The lowest BCUT2D eigenvalue weighted by atomic mass is 9.99. The molecule has 1 atom stereocenters. The molecule has 1 heterocycles. The van der Waals surface area contributed by atoms with Gasteiger partial charge in [0.1, 0.15) is 0 Å². The van der Waals surface area contributed by atoms with Gasteiger partial charge in [-0.2, -0.15) is 0 Å². The van der Waals surface area contributed by atoms with E-state index in [1.807, 2.05) is 18.2 Å². The number of rotatable bonds is 4. The summed E-state index contributed by atoms with van der Waals surface area (Å²) in [6.45, 7) is 0.939. The third kappa shape index (κ3) is 3.51. The van der Waals surface area contributed by atoms with Crippen LogP contribution in [0.4, 0.5) is 4.39 Å². The second-order valence-electron chi connectivity index (χ2n) is 5.47. The molecule has 1 N–H and O–H groups in total. The Hall–Kier alpha value is -2.40. The number of methoxy groups -OCH3 is 1. The molecule has 5 heteroatoms. The van der Waals surface area contributed by atoms with E-state index in [1.165, 1.54) is 36.4 Å². The van der Waals surface area contributed by atoms with E-state index in [0.717, 1.165) is 6.42 Å². The van der Waals surface area contributed by atoms with E-state index in [2.05, 4.69) is 11.4 Å². The Morgan fingerprint density at radius 1 is 1.30 bits per heavy atom. The van der Waals surface area contributed by atoms with Crippen molar-refractivity contribution in [3.8, 4) is 5.75 Å². The zero-order valence-electron chi connectivity index (χ0n) is 12.8. The maximum atomic E-state index is 13.6. The first-order chi connectivity index (χ1) is 11.2. The van der Waals surface area contributed by atoms with Crippen LogP contribution < -0.4 is 10.1 Å². The average molecular weight is 315 g/mol. The molecule has 0 spiro atoms. The number of benzene rings is 2. The molecule has 0 aliphatic carbocycles. The summed E-state index contributed by atoms with van der Waals surface area (Å²) in [7, 11) is 1.39. The van der Waals surface area contributed by atoms with Crippen LogP contribution in [-0.4, -0.2) is 25.7 Å². The van der Waals surface area contributed by atoms with Gasteiger partial charge in [-0.1, -0.05) is 24.3 Å². The van der Waals surface area contributed by atoms with Crippen molar-refractivity contribution in [2.24, 2.45) is 0 Å². The van der Waals surface area contributed by atoms with Crippen molar-refractivity contribution in [2.75, 3.05) is 13.7 Å². The van der Waals surface area contributed by atoms with E-state index >= 15 is 0 Å². The molecule has 0 aromatic heterocycles. The molecule has 2 aromatic rings. The van der Waals surface area contributed by atoms with Crippen LogP contribution in [-0.2, 0) is 17.8 Å². The Morgan fingerprint density at radius 2 is 2.09 bits per heavy atom. The summed E-state index contributed by atoms with van der Waals surface area (Å²) < 4.78 is 24.2. The second kappa shape index (κ2) is 6.79. The third-order valence-corrected chi connectivity index (χ3v) is 3.94. The lowest BCUT2D eigenvalue weighted by Crippen LogP contribution is -2.36. The minimum absolute atomic E-state index is 0.0723. The fraction of sp³-hybridized carbons (Fsp3) is 0.278. The molecule has 1 aliphatic rings. The molecule has 1 amide bonds. The second-order valence-corrected chi connectivity index (χ2v) is 5.47. The summed E-state index contributed by atoms with van der Waals surface area (Å²) in [6.07, 6.45) is 0.685. The van der Waals surface area contributed by atoms with Crippen LogP contribution in [0, 0.1) is 5.82 Å². The molecule has 0 saturated heterocycles. The van der Waals surface area contributed by atoms with Crippen LogP contribution in [0.15, 0.2) is 42.5 Å². The standard InChI is InChI=1S/C18H18FNO3/c1-22-17-7-6-13(9-16(17)19)18(21)20-10-15-8-12-4-2-3-5-14(12)11-23-15/h2-7,9,15H,8,10-11H2,1H3,(H,20,21)/t15-/m1/s1. The smallest absolute Gasteiger partial charge is 0.251 e. The molecule has 0 saturated carbocycles. The molecule has 120 valence electrons. The SMILES string of the molecule is COc1ccc(C(=O)NC[C@H]2Cc3ccccc3CO2)cc1F. The molecule has 0 bridgehead atoms. The van der Waals surface area contributed by atoms with Gasteiger partial charge in [0.2, 0.25) is 0 Å². The van der Waals surface area contributed by atoms with Crippen molar-refractivity contribution in [3.63, 3.8) is 0 Å². The summed E-state index contributed by atoms with van der Waals surface area (Å²) in [5, 5.41) is 2.79. The lowest BCUT2D eigenvalue weighted by molar-refractivity contribution is 0.0285. The van der Waals surface area contributed by atoms with Crippen molar-refractivity contribution < 1.29 is 18.7 Å². The highest BCUT2D eigenvalue weighted by atomic mass is 19.1. The van der Waals surface area contributed by atoms with Gasteiger partial charge in [0.15, 0.2) is 11.6 Å². The molecule has 0 fully saturated rings. The predicted octanol–water partition coefficient (Wildman–Crippen LogP) is 2.71. The Balaban J connectivity index is 1.58. The van der Waals surface area contributed by atoms with Crippen molar-refractivity contribution in [2.45, 2.75) is 19.1 Å². The number of carbonyl (C=O) groups excluding carboxylic acids is 1. The number of fused-ring (bicyclic) bond motifs is 1. The Labute approximate surface area is 134 Å². The molecule has 2 aromatic carbocycles. The number of ether oxygens (including phenoxy) is 2. The van der Waals surface area contributed by atoms with E-state index in [9.17, 15) is 9.18 Å². The van der Waals surface area contributed by atoms with Gasteiger partial charge in [-0.25, -0.2) is 4.39 Å². The predicted molar refractivity (Wildman–Crippen MR) is 84.0 cm³/mol.